The molecule has 2 heterocycles. The van der Waals surface area contributed by atoms with Crippen molar-refractivity contribution in [1.82, 2.24) is 15.3 Å². The van der Waals surface area contributed by atoms with E-state index < -0.39 is 0 Å². The minimum Gasteiger partial charge on any atom is -0.467 e. The summed E-state index contributed by atoms with van der Waals surface area (Å²) in [6.07, 6.45) is 3.06. The summed E-state index contributed by atoms with van der Waals surface area (Å²) in [5.41, 5.74) is 1.10. The molecule has 0 saturated heterocycles. The van der Waals surface area contributed by atoms with Crippen LogP contribution >= 0.6 is 23.4 Å². The Hall–Kier alpha value is -2.51. The number of thioether (sulfide) groups is 1. The van der Waals surface area contributed by atoms with Gasteiger partial charge in [-0.3, -0.25) is 4.79 Å². The molecule has 3 aromatic rings. The first kappa shape index (κ1) is 18.3. The van der Waals surface area contributed by atoms with Crippen molar-refractivity contribution in [3.63, 3.8) is 0 Å². The molecule has 6 nitrogen and oxygen atoms in total. The van der Waals surface area contributed by atoms with Crippen LogP contribution in [0.3, 0.4) is 0 Å². The van der Waals surface area contributed by atoms with Crippen LogP contribution in [0.4, 0.5) is 5.82 Å². The van der Waals surface area contributed by atoms with Crippen LogP contribution in [0.1, 0.15) is 11.3 Å². The van der Waals surface area contributed by atoms with E-state index in [1.807, 2.05) is 36.4 Å². The maximum atomic E-state index is 11.9. The summed E-state index contributed by atoms with van der Waals surface area (Å²) in [6.45, 7) is 1.01. The van der Waals surface area contributed by atoms with Gasteiger partial charge in [-0.05, 0) is 29.8 Å². The lowest BCUT2D eigenvalue weighted by Gasteiger charge is -2.07. The van der Waals surface area contributed by atoms with E-state index in [0.29, 0.717) is 23.9 Å². The third kappa shape index (κ3) is 5.79. The minimum absolute atomic E-state index is 0.0827. The Morgan fingerprint density at radius 1 is 1.15 bits per heavy atom. The average molecular weight is 389 g/mol. The van der Waals surface area contributed by atoms with Gasteiger partial charge in [0.1, 0.15) is 22.9 Å². The molecule has 2 N–H and O–H groups in total. The second-order valence-electron chi connectivity index (χ2n) is 5.37. The molecule has 0 aliphatic carbocycles. The number of carbonyl (C=O) groups excluding carboxylic acids is 1. The highest BCUT2D eigenvalue weighted by molar-refractivity contribution is 7.99. The van der Waals surface area contributed by atoms with Gasteiger partial charge in [0.2, 0.25) is 5.91 Å². The van der Waals surface area contributed by atoms with Crippen molar-refractivity contribution in [1.29, 1.82) is 0 Å². The van der Waals surface area contributed by atoms with Gasteiger partial charge in [0.05, 0.1) is 18.6 Å². The average Bonchev–Trinajstić information content (AvgIpc) is 3.18. The van der Waals surface area contributed by atoms with E-state index in [1.54, 1.807) is 12.3 Å². The van der Waals surface area contributed by atoms with Crippen molar-refractivity contribution in [3.8, 4) is 0 Å². The first-order valence-corrected chi connectivity index (χ1v) is 9.27. The molecule has 0 unspecified atom stereocenters. The van der Waals surface area contributed by atoms with E-state index in [0.717, 1.165) is 16.3 Å². The molecule has 26 heavy (non-hydrogen) atoms. The normalized spacial score (nSPS) is 10.5. The number of furan rings is 1. The van der Waals surface area contributed by atoms with Gasteiger partial charge in [-0.1, -0.05) is 35.5 Å². The van der Waals surface area contributed by atoms with Crippen molar-refractivity contribution >= 4 is 35.1 Å². The molecule has 3 rings (SSSR count). The molecule has 1 amide bonds. The number of amides is 1. The highest BCUT2D eigenvalue weighted by Gasteiger charge is 2.06. The molecule has 0 saturated carbocycles. The molecule has 0 aliphatic heterocycles. The third-order valence-electron chi connectivity index (χ3n) is 3.42. The zero-order valence-corrected chi connectivity index (χ0v) is 15.4. The summed E-state index contributed by atoms with van der Waals surface area (Å²) in [5, 5.41) is 7.47. The number of hydrogen-bond donors (Lipinski definition) is 2. The summed E-state index contributed by atoms with van der Waals surface area (Å²) in [5.74, 6) is 1.61. The second-order valence-corrected chi connectivity index (χ2v) is 6.80. The minimum atomic E-state index is -0.0827. The van der Waals surface area contributed by atoms with E-state index in [2.05, 4.69) is 20.6 Å². The SMILES string of the molecule is O=C(CSc1cc(NCc2ccc(Cl)cc2)ncn1)NCc1ccco1. The topological polar surface area (TPSA) is 80.0 Å². The lowest BCUT2D eigenvalue weighted by Crippen LogP contribution is -2.24. The molecule has 0 atom stereocenters. The third-order valence-corrected chi connectivity index (χ3v) is 4.60. The maximum absolute atomic E-state index is 11.9. The first-order chi connectivity index (χ1) is 12.7. The number of nitrogens with one attached hydrogen (secondary N) is 2. The van der Waals surface area contributed by atoms with Gasteiger partial charge in [0, 0.05) is 17.6 Å². The van der Waals surface area contributed by atoms with Gasteiger partial charge < -0.3 is 15.1 Å². The van der Waals surface area contributed by atoms with Crippen LogP contribution in [0.15, 0.2) is 64.5 Å². The van der Waals surface area contributed by atoms with Crippen LogP contribution in [0, 0.1) is 0 Å². The highest BCUT2D eigenvalue weighted by Crippen LogP contribution is 2.18. The smallest absolute Gasteiger partial charge is 0.230 e. The lowest BCUT2D eigenvalue weighted by molar-refractivity contribution is -0.118. The zero-order chi connectivity index (χ0) is 18.2. The summed E-state index contributed by atoms with van der Waals surface area (Å²) in [4.78, 5) is 20.3. The van der Waals surface area contributed by atoms with Gasteiger partial charge in [0.25, 0.3) is 0 Å². The summed E-state index contributed by atoms with van der Waals surface area (Å²) < 4.78 is 5.17. The summed E-state index contributed by atoms with van der Waals surface area (Å²) in [6, 6.07) is 13.0. The van der Waals surface area contributed by atoms with E-state index in [1.165, 1.54) is 18.1 Å². The number of benzene rings is 1. The van der Waals surface area contributed by atoms with Crippen molar-refractivity contribution in [2.24, 2.45) is 0 Å². The molecule has 8 heteroatoms. The fraction of sp³-hybridized carbons (Fsp3) is 0.167. The van der Waals surface area contributed by atoms with Crippen molar-refractivity contribution in [3.05, 3.63) is 71.4 Å². The van der Waals surface area contributed by atoms with Crippen molar-refractivity contribution in [2.45, 2.75) is 18.1 Å². The fourth-order valence-electron chi connectivity index (χ4n) is 2.10. The molecular weight excluding hydrogens is 372 g/mol. The van der Waals surface area contributed by atoms with Crippen LogP contribution in [-0.4, -0.2) is 21.6 Å². The molecule has 2 aromatic heterocycles. The molecule has 1 aromatic carbocycles. The Labute approximate surface area is 160 Å². The zero-order valence-electron chi connectivity index (χ0n) is 13.8. The summed E-state index contributed by atoms with van der Waals surface area (Å²) >= 11 is 7.23. The van der Waals surface area contributed by atoms with Crippen LogP contribution in [0.2, 0.25) is 5.02 Å². The Morgan fingerprint density at radius 3 is 2.77 bits per heavy atom. The Kier molecular flexibility index (Phi) is 6.51. The maximum Gasteiger partial charge on any atom is 0.230 e. The van der Waals surface area contributed by atoms with Gasteiger partial charge in [0.15, 0.2) is 0 Å². The molecule has 0 spiro atoms. The standard InChI is InChI=1S/C18H17ClN4O2S/c19-14-5-3-13(4-6-14)9-20-16-8-18(23-12-22-16)26-11-17(24)21-10-15-2-1-7-25-15/h1-8,12H,9-11H2,(H,21,24)(H,20,22,23). The number of halogens is 1. The first-order valence-electron chi connectivity index (χ1n) is 7.91. The van der Waals surface area contributed by atoms with Gasteiger partial charge in [-0.2, -0.15) is 0 Å². The predicted octanol–water partition coefficient (Wildman–Crippen LogP) is 3.74. The van der Waals surface area contributed by atoms with E-state index in [9.17, 15) is 4.79 Å². The van der Waals surface area contributed by atoms with Crippen LogP contribution in [-0.2, 0) is 17.9 Å². The molecular formula is C18H17ClN4O2S. The van der Waals surface area contributed by atoms with E-state index >= 15 is 0 Å². The fourth-order valence-corrected chi connectivity index (χ4v) is 2.92. The Balaban J connectivity index is 1.45. The van der Waals surface area contributed by atoms with Crippen molar-refractivity contribution in [2.75, 3.05) is 11.1 Å². The number of anilines is 1. The number of rotatable bonds is 8. The Bertz CT molecular complexity index is 841. The number of hydrogen-bond acceptors (Lipinski definition) is 6. The van der Waals surface area contributed by atoms with Gasteiger partial charge >= 0.3 is 0 Å². The lowest BCUT2D eigenvalue weighted by atomic mass is 10.2. The molecule has 0 aliphatic rings. The van der Waals surface area contributed by atoms with Gasteiger partial charge in [-0.25, -0.2) is 9.97 Å². The molecule has 0 radical (unpaired) electrons. The number of nitrogens with zero attached hydrogens (tertiary/aromatic N) is 2. The van der Waals surface area contributed by atoms with Crippen molar-refractivity contribution < 1.29 is 9.21 Å². The molecule has 134 valence electrons. The van der Waals surface area contributed by atoms with Crippen LogP contribution in [0.5, 0.6) is 0 Å². The van der Waals surface area contributed by atoms with E-state index in [-0.39, 0.29) is 11.7 Å². The Morgan fingerprint density at radius 2 is 2.00 bits per heavy atom. The summed E-state index contributed by atoms with van der Waals surface area (Å²) in [7, 11) is 0. The quantitative estimate of drug-likeness (QED) is 0.452. The van der Waals surface area contributed by atoms with E-state index in [4.69, 9.17) is 16.0 Å². The molecule has 0 fully saturated rings. The monoisotopic (exact) mass is 388 g/mol. The highest BCUT2D eigenvalue weighted by atomic mass is 35.5. The number of aromatic nitrogens is 2. The molecule has 0 bridgehead atoms. The number of carbonyl (C=O) groups is 1. The largest absolute Gasteiger partial charge is 0.467 e. The van der Waals surface area contributed by atoms with Gasteiger partial charge in [-0.15, -0.1) is 0 Å². The predicted molar refractivity (Wildman–Crippen MR) is 102 cm³/mol. The van der Waals surface area contributed by atoms with Crippen LogP contribution in [0.25, 0.3) is 0 Å². The van der Waals surface area contributed by atoms with Crippen LogP contribution < -0.4 is 10.6 Å². The second kappa shape index (κ2) is 9.26.